The van der Waals surface area contributed by atoms with Gasteiger partial charge < -0.3 is 10.4 Å². The van der Waals surface area contributed by atoms with Gasteiger partial charge in [0.15, 0.2) is 0 Å². The molecule has 6 nitrogen and oxygen atoms in total. The molecule has 0 radical (unpaired) electrons. The zero-order chi connectivity index (χ0) is 13.2. The van der Waals surface area contributed by atoms with Crippen molar-refractivity contribution in [3.63, 3.8) is 0 Å². The van der Waals surface area contributed by atoms with Gasteiger partial charge in [-0.3, -0.25) is 0 Å². The van der Waals surface area contributed by atoms with Gasteiger partial charge >= 0.3 is 0 Å². The molecule has 0 aromatic carbocycles. The average molecular weight is 249 g/mol. The molecule has 2 rings (SSSR count). The lowest BCUT2D eigenvalue weighted by molar-refractivity contribution is 0.0456. The van der Waals surface area contributed by atoms with Gasteiger partial charge in [0.1, 0.15) is 12.1 Å². The Morgan fingerprint density at radius 1 is 1.39 bits per heavy atom. The number of aryl methyl sites for hydroxylation is 1. The fourth-order valence-electron chi connectivity index (χ4n) is 1.81. The maximum Gasteiger partial charge on any atom is 0.254 e. The molecule has 2 aromatic heterocycles. The SMILES string of the molecule is CCC(O)(CC)CNc1cc(C)nc2ncnn12. The van der Waals surface area contributed by atoms with E-state index in [0.29, 0.717) is 25.2 Å². The molecule has 0 aliphatic rings. The summed E-state index contributed by atoms with van der Waals surface area (Å²) >= 11 is 0. The summed E-state index contributed by atoms with van der Waals surface area (Å²) in [4.78, 5) is 8.33. The summed E-state index contributed by atoms with van der Waals surface area (Å²) in [5, 5.41) is 17.6. The number of aliphatic hydroxyl groups is 1. The van der Waals surface area contributed by atoms with Gasteiger partial charge in [-0.1, -0.05) is 13.8 Å². The van der Waals surface area contributed by atoms with Crippen molar-refractivity contribution < 1.29 is 5.11 Å². The van der Waals surface area contributed by atoms with Crippen LogP contribution in [-0.2, 0) is 0 Å². The zero-order valence-electron chi connectivity index (χ0n) is 11.0. The van der Waals surface area contributed by atoms with E-state index in [-0.39, 0.29) is 0 Å². The molecule has 6 heteroatoms. The van der Waals surface area contributed by atoms with Gasteiger partial charge in [-0.15, -0.1) is 0 Å². The van der Waals surface area contributed by atoms with E-state index in [1.807, 2.05) is 26.8 Å². The third-order valence-electron chi connectivity index (χ3n) is 3.29. The summed E-state index contributed by atoms with van der Waals surface area (Å²) in [6, 6.07) is 1.90. The Morgan fingerprint density at radius 2 is 2.11 bits per heavy atom. The number of aromatic nitrogens is 4. The Labute approximate surface area is 106 Å². The summed E-state index contributed by atoms with van der Waals surface area (Å²) in [5.41, 5.74) is 0.180. The van der Waals surface area contributed by atoms with E-state index < -0.39 is 5.60 Å². The first-order chi connectivity index (χ1) is 8.58. The molecule has 0 aliphatic heterocycles. The first-order valence-electron chi connectivity index (χ1n) is 6.21. The van der Waals surface area contributed by atoms with E-state index in [9.17, 15) is 5.11 Å². The lowest BCUT2D eigenvalue weighted by Crippen LogP contribution is -2.35. The fraction of sp³-hybridized carbons (Fsp3) is 0.583. The molecular formula is C12H19N5O. The highest BCUT2D eigenvalue weighted by Crippen LogP contribution is 2.17. The van der Waals surface area contributed by atoms with Crippen LogP contribution in [0.25, 0.3) is 5.78 Å². The van der Waals surface area contributed by atoms with Crippen molar-refractivity contribution >= 4 is 11.6 Å². The standard InChI is InChI=1S/C12H19N5O/c1-4-12(18,5-2)7-13-10-6-9(3)16-11-14-8-15-17(10)11/h6,8,13,18H,4-5,7H2,1-3H3. The topological polar surface area (TPSA) is 75.3 Å². The van der Waals surface area contributed by atoms with Crippen molar-refractivity contribution in [1.82, 2.24) is 19.6 Å². The number of hydrogen-bond donors (Lipinski definition) is 2. The summed E-state index contributed by atoms with van der Waals surface area (Å²) in [5.74, 6) is 1.37. The van der Waals surface area contributed by atoms with Crippen LogP contribution in [0.15, 0.2) is 12.4 Å². The van der Waals surface area contributed by atoms with Crippen molar-refractivity contribution in [1.29, 1.82) is 0 Å². The highest BCUT2D eigenvalue weighted by atomic mass is 16.3. The van der Waals surface area contributed by atoms with Crippen molar-refractivity contribution in [2.24, 2.45) is 0 Å². The summed E-state index contributed by atoms with van der Waals surface area (Å²) < 4.78 is 1.64. The maximum atomic E-state index is 10.3. The summed E-state index contributed by atoms with van der Waals surface area (Å²) in [7, 11) is 0. The second kappa shape index (κ2) is 4.89. The van der Waals surface area contributed by atoms with Crippen LogP contribution in [0, 0.1) is 6.92 Å². The molecule has 0 amide bonds. The largest absolute Gasteiger partial charge is 0.388 e. The first-order valence-corrected chi connectivity index (χ1v) is 6.21. The Bertz CT molecular complexity index is 532. The highest BCUT2D eigenvalue weighted by Gasteiger charge is 2.22. The number of nitrogens with zero attached hydrogens (tertiary/aromatic N) is 4. The molecule has 0 saturated carbocycles. The lowest BCUT2D eigenvalue weighted by atomic mass is 9.98. The average Bonchev–Trinajstić information content (AvgIpc) is 2.83. The maximum absolute atomic E-state index is 10.3. The molecule has 98 valence electrons. The quantitative estimate of drug-likeness (QED) is 0.837. The van der Waals surface area contributed by atoms with Crippen LogP contribution in [0.4, 0.5) is 5.82 Å². The number of rotatable bonds is 5. The molecule has 0 fully saturated rings. The van der Waals surface area contributed by atoms with Crippen molar-refractivity contribution in [2.75, 3.05) is 11.9 Å². The van der Waals surface area contributed by atoms with Gasteiger partial charge in [-0.25, -0.2) is 4.98 Å². The molecule has 0 saturated heterocycles. The van der Waals surface area contributed by atoms with Crippen LogP contribution < -0.4 is 5.32 Å². The molecule has 2 N–H and O–H groups in total. The normalized spacial score (nSPS) is 12.0. The van der Waals surface area contributed by atoms with E-state index in [0.717, 1.165) is 11.5 Å². The Kier molecular flexibility index (Phi) is 3.47. The van der Waals surface area contributed by atoms with Crippen molar-refractivity contribution in [2.45, 2.75) is 39.2 Å². The third kappa shape index (κ3) is 2.43. The van der Waals surface area contributed by atoms with Crippen molar-refractivity contribution in [3.8, 4) is 0 Å². The Balaban J connectivity index is 2.24. The second-order valence-corrected chi connectivity index (χ2v) is 4.54. The van der Waals surface area contributed by atoms with E-state index in [1.165, 1.54) is 6.33 Å². The molecule has 0 atom stereocenters. The molecule has 0 unspecified atom stereocenters. The van der Waals surface area contributed by atoms with Gasteiger partial charge in [0.2, 0.25) is 0 Å². The molecule has 2 aromatic rings. The minimum Gasteiger partial charge on any atom is -0.388 e. The monoisotopic (exact) mass is 249 g/mol. The van der Waals surface area contributed by atoms with E-state index >= 15 is 0 Å². The van der Waals surface area contributed by atoms with E-state index in [1.54, 1.807) is 4.52 Å². The predicted molar refractivity (Wildman–Crippen MR) is 69.5 cm³/mol. The van der Waals surface area contributed by atoms with E-state index in [4.69, 9.17) is 0 Å². The minimum absolute atomic E-state index is 0.485. The summed E-state index contributed by atoms with van der Waals surface area (Å²) in [6.45, 7) is 6.35. The van der Waals surface area contributed by atoms with Gasteiger partial charge in [0.25, 0.3) is 5.78 Å². The third-order valence-corrected chi connectivity index (χ3v) is 3.29. The van der Waals surface area contributed by atoms with Crippen LogP contribution in [-0.4, -0.2) is 36.8 Å². The zero-order valence-corrected chi connectivity index (χ0v) is 11.0. The van der Waals surface area contributed by atoms with Crippen LogP contribution in [0.2, 0.25) is 0 Å². The Morgan fingerprint density at radius 3 is 2.78 bits per heavy atom. The molecule has 0 bridgehead atoms. The Hall–Kier alpha value is -1.69. The van der Waals surface area contributed by atoms with Gasteiger partial charge in [-0.2, -0.15) is 14.6 Å². The number of nitrogens with one attached hydrogen (secondary N) is 1. The smallest absolute Gasteiger partial charge is 0.254 e. The molecule has 18 heavy (non-hydrogen) atoms. The van der Waals surface area contributed by atoms with Crippen molar-refractivity contribution in [3.05, 3.63) is 18.1 Å². The van der Waals surface area contributed by atoms with Gasteiger partial charge in [0, 0.05) is 18.3 Å². The molecule has 2 heterocycles. The van der Waals surface area contributed by atoms with Crippen LogP contribution >= 0.6 is 0 Å². The molecule has 0 spiro atoms. The van der Waals surface area contributed by atoms with Crippen LogP contribution in [0.1, 0.15) is 32.4 Å². The van der Waals surface area contributed by atoms with Crippen LogP contribution in [0.5, 0.6) is 0 Å². The summed E-state index contributed by atoms with van der Waals surface area (Å²) in [6.07, 6.45) is 2.89. The lowest BCUT2D eigenvalue weighted by Gasteiger charge is -2.25. The second-order valence-electron chi connectivity index (χ2n) is 4.54. The number of fused-ring (bicyclic) bond motifs is 1. The van der Waals surface area contributed by atoms with Gasteiger partial charge in [-0.05, 0) is 19.8 Å². The molecule has 0 aliphatic carbocycles. The number of anilines is 1. The molecular weight excluding hydrogens is 230 g/mol. The van der Waals surface area contributed by atoms with Gasteiger partial charge in [0.05, 0.1) is 5.60 Å². The minimum atomic E-state index is -0.690. The van der Waals surface area contributed by atoms with E-state index in [2.05, 4.69) is 20.4 Å². The van der Waals surface area contributed by atoms with Crippen LogP contribution in [0.3, 0.4) is 0 Å². The first kappa shape index (κ1) is 12.8. The number of hydrogen-bond acceptors (Lipinski definition) is 5. The predicted octanol–water partition coefficient (Wildman–Crippen LogP) is 1.40. The fourth-order valence-corrected chi connectivity index (χ4v) is 1.81. The highest BCUT2D eigenvalue weighted by molar-refractivity contribution is 5.44.